The molecule has 1 heterocycles. The van der Waals surface area contributed by atoms with Gasteiger partial charge in [-0.3, -0.25) is 14.6 Å². The zero-order valence-electron chi connectivity index (χ0n) is 18.7. The van der Waals surface area contributed by atoms with Gasteiger partial charge in [0.25, 0.3) is 5.91 Å². The Balaban J connectivity index is 1.48. The second-order valence-electron chi connectivity index (χ2n) is 8.27. The van der Waals surface area contributed by atoms with E-state index in [0.717, 1.165) is 43.9 Å². The van der Waals surface area contributed by atoms with E-state index < -0.39 is 0 Å². The van der Waals surface area contributed by atoms with Crippen LogP contribution in [0.5, 0.6) is 5.75 Å². The molecule has 8 heteroatoms. The van der Waals surface area contributed by atoms with Gasteiger partial charge in [-0.2, -0.15) is 0 Å². The van der Waals surface area contributed by atoms with E-state index >= 15 is 0 Å². The van der Waals surface area contributed by atoms with Gasteiger partial charge in [0.1, 0.15) is 5.75 Å². The number of aliphatic imine (C=N–C) groups is 1. The molecular formula is C23H34N4O4. The van der Waals surface area contributed by atoms with E-state index in [0.29, 0.717) is 24.9 Å². The van der Waals surface area contributed by atoms with Crippen LogP contribution in [-0.4, -0.2) is 68.7 Å². The molecule has 1 aliphatic heterocycles. The number of ether oxygens (including phenoxy) is 2. The van der Waals surface area contributed by atoms with E-state index in [1.54, 1.807) is 0 Å². The molecule has 2 unspecified atom stereocenters. The van der Waals surface area contributed by atoms with Crippen LogP contribution in [-0.2, 0) is 20.7 Å². The summed E-state index contributed by atoms with van der Waals surface area (Å²) in [6, 6.07) is 8.13. The van der Waals surface area contributed by atoms with Crippen LogP contribution < -0.4 is 15.4 Å². The zero-order valence-corrected chi connectivity index (χ0v) is 18.7. The highest BCUT2D eigenvalue weighted by Crippen LogP contribution is 2.24. The molecule has 1 aromatic carbocycles. The van der Waals surface area contributed by atoms with Crippen LogP contribution in [0.15, 0.2) is 29.3 Å². The molecule has 1 amide bonds. The summed E-state index contributed by atoms with van der Waals surface area (Å²) < 4.78 is 10.5. The molecule has 2 aliphatic rings. The van der Waals surface area contributed by atoms with Crippen molar-refractivity contribution in [3.05, 3.63) is 29.8 Å². The largest absolute Gasteiger partial charge is 0.484 e. The van der Waals surface area contributed by atoms with E-state index in [2.05, 4.69) is 22.5 Å². The van der Waals surface area contributed by atoms with Crippen molar-refractivity contribution in [2.24, 2.45) is 16.8 Å². The van der Waals surface area contributed by atoms with Gasteiger partial charge in [0, 0.05) is 32.2 Å². The minimum absolute atomic E-state index is 0.0486. The normalized spacial score (nSPS) is 21.0. The Labute approximate surface area is 184 Å². The molecule has 0 spiro atoms. The van der Waals surface area contributed by atoms with Gasteiger partial charge in [0.05, 0.1) is 13.0 Å². The molecule has 2 N–H and O–H groups in total. The summed E-state index contributed by atoms with van der Waals surface area (Å²) in [5.41, 5.74) is 1.15. The Morgan fingerprint density at radius 2 is 1.94 bits per heavy atom. The number of amides is 1. The number of methoxy groups -OCH3 is 1. The number of carbonyl (C=O) groups excluding carboxylic acids is 2. The van der Waals surface area contributed by atoms with Crippen molar-refractivity contribution in [2.75, 3.05) is 39.9 Å². The number of hydrogen-bond donors (Lipinski definition) is 2. The van der Waals surface area contributed by atoms with Crippen molar-refractivity contribution in [2.45, 2.75) is 39.2 Å². The molecule has 2 atom stereocenters. The fourth-order valence-electron chi connectivity index (χ4n) is 3.71. The van der Waals surface area contributed by atoms with Crippen molar-refractivity contribution in [1.82, 2.24) is 15.5 Å². The highest BCUT2D eigenvalue weighted by molar-refractivity contribution is 5.82. The van der Waals surface area contributed by atoms with Crippen LogP contribution >= 0.6 is 0 Å². The predicted molar refractivity (Wildman–Crippen MR) is 119 cm³/mol. The lowest BCUT2D eigenvalue weighted by Crippen LogP contribution is -2.40. The van der Waals surface area contributed by atoms with Crippen LogP contribution in [0.4, 0.5) is 0 Å². The number of esters is 1. The number of likely N-dealkylation sites (tertiary alicyclic amines) is 1. The SMILES string of the molecule is CCNC(=NCCc1ccc(OCC(=O)NC2CC2)cc1)N1CC(C)C(C(=O)OC)C1. The maximum Gasteiger partial charge on any atom is 0.310 e. The monoisotopic (exact) mass is 430 g/mol. The Hall–Kier alpha value is -2.77. The van der Waals surface area contributed by atoms with Gasteiger partial charge in [0.15, 0.2) is 12.6 Å². The Morgan fingerprint density at radius 1 is 1.19 bits per heavy atom. The molecule has 31 heavy (non-hydrogen) atoms. The van der Waals surface area contributed by atoms with Crippen molar-refractivity contribution in [1.29, 1.82) is 0 Å². The predicted octanol–water partition coefficient (Wildman–Crippen LogP) is 1.59. The maximum absolute atomic E-state index is 12.0. The number of nitrogens with zero attached hydrogens (tertiary/aromatic N) is 2. The van der Waals surface area contributed by atoms with Crippen LogP contribution in [0.25, 0.3) is 0 Å². The second-order valence-corrected chi connectivity index (χ2v) is 8.27. The van der Waals surface area contributed by atoms with Crippen LogP contribution in [0, 0.1) is 11.8 Å². The summed E-state index contributed by atoms with van der Waals surface area (Å²) in [5, 5.41) is 6.24. The number of guanidine groups is 1. The number of benzene rings is 1. The average Bonchev–Trinajstić information content (AvgIpc) is 3.50. The van der Waals surface area contributed by atoms with E-state index in [-0.39, 0.29) is 30.3 Å². The summed E-state index contributed by atoms with van der Waals surface area (Å²) in [6.45, 7) is 6.98. The summed E-state index contributed by atoms with van der Waals surface area (Å²) >= 11 is 0. The lowest BCUT2D eigenvalue weighted by Gasteiger charge is -2.21. The molecule has 1 aromatic rings. The standard InChI is InChI=1S/C23H34N4O4/c1-4-24-23(27-13-16(2)20(14-27)22(29)30-3)25-12-11-17-5-9-19(10-6-17)31-15-21(28)26-18-7-8-18/h5-6,9-10,16,18,20H,4,7-8,11-15H2,1-3H3,(H,24,25)(H,26,28). The first-order valence-corrected chi connectivity index (χ1v) is 11.1. The maximum atomic E-state index is 12.0. The minimum Gasteiger partial charge on any atom is -0.484 e. The third-order valence-electron chi connectivity index (χ3n) is 5.65. The fourth-order valence-corrected chi connectivity index (χ4v) is 3.71. The molecule has 0 aromatic heterocycles. The highest BCUT2D eigenvalue weighted by Gasteiger charge is 2.36. The van der Waals surface area contributed by atoms with Crippen molar-refractivity contribution >= 4 is 17.8 Å². The van der Waals surface area contributed by atoms with E-state index in [1.165, 1.54) is 7.11 Å². The second kappa shape index (κ2) is 11.0. The topological polar surface area (TPSA) is 92.3 Å². The van der Waals surface area contributed by atoms with Crippen LogP contribution in [0.2, 0.25) is 0 Å². The van der Waals surface area contributed by atoms with Gasteiger partial charge >= 0.3 is 5.97 Å². The van der Waals surface area contributed by atoms with Gasteiger partial charge in [-0.25, -0.2) is 0 Å². The van der Waals surface area contributed by atoms with Gasteiger partial charge in [0.2, 0.25) is 0 Å². The first-order chi connectivity index (χ1) is 15.0. The first kappa shape index (κ1) is 22.9. The molecule has 1 aliphatic carbocycles. The molecule has 8 nitrogen and oxygen atoms in total. The lowest BCUT2D eigenvalue weighted by atomic mass is 9.99. The molecule has 2 fully saturated rings. The van der Waals surface area contributed by atoms with Crippen molar-refractivity contribution in [3.8, 4) is 5.75 Å². The third kappa shape index (κ3) is 6.87. The average molecular weight is 431 g/mol. The number of rotatable bonds is 9. The molecular weight excluding hydrogens is 396 g/mol. The first-order valence-electron chi connectivity index (χ1n) is 11.1. The van der Waals surface area contributed by atoms with Crippen molar-refractivity contribution < 1.29 is 19.1 Å². The Bertz CT molecular complexity index is 776. The van der Waals surface area contributed by atoms with Gasteiger partial charge < -0.3 is 25.0 Å². The summed E-state index contributed by atoms with van der Waals surface area (Å²) in [5.74, 6) is 1.41. The summed E-state index contributed by atoms with van der Waals surface area (Å²) in [4.78, 5) is 30.6. The van der Waals surface area contributed by atoms with Gasteiger partial charge in [-0.05, 0) is 49.8 Å². The lowest BCUT2D eigenvalue weighted by molar-refractivity contribution is -0.146. The van der Waals surface area contributed by atoms with Crippen molar-refractivity contribution in [3.63, 3.8) is 0 Å². The van der Waals surface area contributed by atoms with Gasteiger partial charge in [-0.1, -0.05) is 19.1 Å². The van der Waals surface area contributed by atoms with E-state index in [4.69, 9.17) is 14.5 Å². The third-order valence-corrected chi connectivity index (χ3v) is 5.65. The summed E-state index contributed by atoms with van der Waals surface area (Å²) in [7, 11) is 1.44. The van der Waals surface area contributed by atoms with E-state index in [1.807, 2.05) is 31.2 Å². The Kier molecular flexibility index (Phi) is 8.14. The number of nitrogens with one attached hydrogen (secondary N) is 2. The Morgan fingerprint density at radius 3 is 2.58 bits per heavy atom. The van der Waals surface area contributed by atoms with E-state index in [9.17, 15) is 9.59 Å². The van der Waals surface area contributed by atoms with Crippen LogP contribution in [0.1, 0.15) is 32.3 Å². The fraction of sp³-hybridized carbons (Fsp3) is 0.609. The molecule has 1 saturated heterocycles. The smallest absolute Gasteiger partial charge is 0.310 e. The molecule has 3 rings (SSSR count). The molecule has 170 valence electrons. The van der Waals surface area contributed by atoms with Crippen LogP contribution in [0.3, 0.4) is 0 Å². The highest BCUT2D eigenvalue weighted by atomic mass is 16.5. The number of hydrogen-bond acceptors (Lipinski definition) is 5. The number of carbonyl (C=O) groups is 2. The summed E-state index contributed by atoms with van der Waals surface area (Å²) in [6.07, 6.45) is 2.93. The molecule has 0 radical (unpaired) electrons. The quantitative estimate of drug-likeness (QED) is 0.351. The molecule has 0 bridgehead atoms. The zero-order chi connectivity index (χ0) is 22.2. The van der Waals surface area contributed by atoms with Gasteiger partial charge in [-0.15, -0.1) is 0 Å². The molecule has 1 saturated carbocycles. The minimum atomic E-state index is -0.154.